The van der Waals surface area contributed by atoms with Crippen molar-refractivity contribution in [2.24, 2.45) is 0 Å². The summed E-state index contributed by atoms with van der Waals surface area (Å²) in [6.07, 6.45) is 1.02. The third-order valence-electron chi connectivity index (χ3n) is 2.75. The van der Waals surface area contributed by atoms with Crippen LogP contribution in [0.2, 0.25) is 0 Å². The first-order chi connectivity index (χ1) is 9.21. The highest BCUT2D eigenvalue weighted by Crippen LogP contribution is 2.14. The molecular weight excluding hydrogens is 262 g/mol. The zero-order chi connectivity index (χ0) is 14.1. The van der Waals surface area contributed by atoms with Crippen LogP contribution in [0, 0.1) is 0 Å². The number of hydrogen-bond donors (Lipinski definition) is 2. The van der Waals surface area contributed by atoms with E-state index in [0.717, 1.165) is 32.6 Å². The molecule has 6 nitrogen and oxygen atoms in total. The van der Waals surface area contributed by atoms with E-state index in [4.69, 9.17) is 0 Å². The summed E-state index contributed by atoms with van der Waals surface area (Å²) in [5, 5.41) is 14.9. The predicted molar refractivity (Wildman–Crippen MR) is 78.8 cm³/mol. The lowest BCUT2D eigenvalue weighted by molar-refractivity contribution is 0.0948. The van der Waals surface area contributed by atoms with Gasteiger partial charge in [0.1, 0.15) is 0 Å². The Morgan fingerprint density at radius 1 is 1.21 bits per heavy atom. The average molecular weight is 285 g/mol. The lowest BCUT2D eigenvalue weighted by Gasteiger charge is -2.17. The summed E-state index contributed by atoms with van der Waals surface area (Å²) < 4.78 is 0. The number of likely N-dealkylation sites (N-methyl/N-ethyl adjacent to an activating group) is 1. The summed E-state index contributed by atoms with van der Waals surface area (Å²) in [5.74, 6) is -0.144. The van der Waals surface area contributed by atoms with E-state index in [1.807, 2.05) is 0 Å². The lowest BCUT2D eigenvalue weighted by atomic mass is 10.4. The fourth-order valence-electron chi connectivity index (χ4n) is 1.56. The molecule has 0 radical (unpaired) electrons. The van der Waals surface area contributed by atoms with E-state index in [1.165, 1.54) is 11.3 Å². The van der Waals surface area contributed by atoms with E-state index in [1.54, 1.807) is 0 Å². The van der Waals surface area contributed by atoms with Gasteiger partial charge in [-0.15, -0.1) is 10.2 Å². The molecule has 0 aliphatic rings. The first-order valence-electron chi connectivity index (χ1n) is 6.79. The SMILES string of the molecule is CCCNc1nnc(C(=O)NCCN(CC)CC)s1. The highest BCUT2D eigenvalue weighted by atomic mass is 32.1. The van der Waals surface area contributed by atoms with E-state index >= 15 is 0 Å². The number of aromatic nitrogens is 2. The molecule has 0 aromatic carbocycles. The van der Waals surface area contributed by atoms with Crippen molar-refractivity contribution in [2.75, 3.05) is 38.0 Å². The topological polar surface area (TPSA) is 70.1 Å². The first kappa shape index (κ1) is 15.8. The van der Waals surface area contributed by atoms with Gasteiger partial charge in [0.15, 0.2) is 0 Å². The van der Waals surface area contributed by atoms with Gasteiger partial charge in [0.05, 0.1) is 0 Å². The quantitative estimate of drug-likeness (QED) is 0.718. The molecule has 0 aliphatic heterocycles. The third-order valence-corrected chi connectivity index (χ3v) is 3.63. The van der Waals surface area contributed by atoms with Crippen molar-refractivity contribution in [3.8, 4) is 0 Å². The number of rotatable bonds is 9. The molecule has 1 heterocycles. The highest BCUT2D eigenvalue weighted by molar-refractivity contribution is 7.17. The van der Waals surface area contributed by atoms with Gasteiger partial charge < -0.3 is 15.5 Å². The van der Waals surface area contributed by atoms with Gasteiger partial charge in [-0.1, -0.05) is 32.1 Å². The van der Waals surface area contributed by atoms with Crippen LogP contribution in [0.1, 0.15) is 37.0 Å². The number of amides is 1. The Bertz CT molecular complexity index is 378. The average Bonchev–Trinajstić information content (AvgIpc) is 2.90. The second kappa shape index (κ2) is 8.82. The maximum Gasteiger partial charge on any atom is 0.282 e. The third kappa shape index (κ3) is 5.52. The Hall–Kier alpha value is -1.21. The van der Waals surface area contributed by atoms with Crippen LogP contribution in [0.15, 0.2) is 0 Å². The Labute approximate surface area is 118 Å². The largest absolute Gasteiger partial charge is 0.360 e. The van der Waals surface area contributed by atoms with Gasteiger partial charge in [0.2, 0.25) is 10.1 Å². The van der Waals surface area contributed by atoms with Gasteiger partial charge in [-0.2, -0.15) is 0 Å². The number of anilines is 1. The van der Waals surface area contributed by atoms with Crippen molar-refractivity contribution in [1.29, 1.82) is 0 Å². The molecule has 0 bridgehead atoms. The highest BCUT2D eigenvalue weighted by Gasteiger charge is 2.12. The van der Waals surface area contributed by atoms with Gasteiger partial charge >= 0.3 is 0 Å². The van der Waals surface area contributed by atoms with Crippen LogP contribution >= 0.6 is 11.3 Å². The summed E-state index contributed by atoms with van der Waals surface area (Å²) in [6.45, 7) is 10.6. The number of nitrogens with zero attached hydrogens (tertiary/aromatic N) is 3. The first-order valence-corrected chi connectivity index (χ1v) is 7.60. The molecule has 7 heteroatoms. The van der Waals surface area contributed by atoms with Crippen LogP contribution in [0.3, 0.4) is 0 Å². The summed E-state index contributed by atoms with van der Waals surface area (Å²) >= 11 is 1.29. The number of carbonyl (C=O) groups excluding carboxylic acids is 1. The summed E-state index contributed by atoms with van der Waals surface area (Å²) in [5.41, 5.74) is 0. The summed E-state index contributed by atoms with van der Waals surface area (Å²) in [7, 11) is 0. The molecule has 0 spiro atoms. The maximum absolute atomic E-state index is 11.8. The van der Waals surface area contributed by atoms with E-state index in [-0.39, 0.29) is 5.91 Å². The summed E-state index contributed by atoms with van der Waals surface area (Å²) in [4.78, 5) is 14.1. The molecule has 0 atom stereocenters. The minimum absolute atomic E-state index is 0.144. The molecule has 0 saturated heterocycles. The van der Waals surface area contributed by atoms with Crippen LogP contribution in [0.4, 0.5) is 5.13 Å². The van der Waals surface area contributed by atoms with Crippen LogP contribution in [-0.4, -0.2) is 53.7 Å². The van der Waals surface area contributed by atoms with Crippen molar-refractivity contribution in [3.63, 3.8) is 0 Å². The molecule has 1 aromatic heterocycles. The Kier molecular flexibility index (Phi) is 7.35. The number of carbonyl (C=O) groups is 1. The molecule has 2 N–H and O–H groups in total. The van der Waals surface area contributed by atoms with Gasteiger partial charge in [-0.25, -0.2) is 0 Å². The Morgan fingerprint density at radius 2 is 1.95 bits per heavy atom. The molecule has 1 aromatic rings. The second-order valence-corrected chi connectivity index (χ2v) is 5.10. The van der Waals surface area contributed by atoms with Crippen molar-refractivity contribution < 1.29 is 4.79 Å². The number of hydrogen-bond acceptors (Lipinski definition) is 6. The van der Waals surface area contributed by atoms with Crippen LogP contribution in [0.5, 0.6) is 0 Å². The molecule has 108 valence electrons. The second-order valence-electron chi connectivity index (χ2n) is 4.12. The normalized spacial score (nSPS) is 10.7. The minimum Gasteiger partial charge on any atom is -0.360 e. The maximum atomic E-state index is 11.8. The van der Waals surface area contributed by atoms with Gasteiger partial charge in [-0.3, -0.25) is 4.79 Å². The van der Waals surface area contributed by atoms with E-state index in [9.17, 15) is 4.79 Å². The van der Waals surface area contributed by atoms with Crippen LogP contribution in [0.25, 0.3) is 0 Å². The van der Waals surface area contributed by atoms with E-state index < -0.39 is 0 Å². The van der Waals surface area contributed by atoms with Crippen LogP contribution < -0.4 is 10.6 Å². The monoisotopic (exact) mass is 285 g/mol. The predicted octanol–water partition coefficient (Wildman–Crippen LogP) is 1.43. The van der Waals surface area contributed by atoms with Gasteiger partial charge in [0.25, 0.3) is 5.91 Å². The lowest BCUT2D eigenvalue weighted by Crippen LogP contribution is -2.34. The van der Waals surface area contributed by atoms with Gasteiger partial charge in [0, 0.05) is 19.6 Å². The minimum atomic E-state index is -0.144. The van der Waals surface area contributed by atoms with Crippen molar-refractivity contribution >= 4 is 22.4 Å². The molecule has 1 rings (SSSR count). The van der Waals surface area contributed by atoms with Crippen molar-refractivity contribution in [3.05, 3.63) is 5.01 Å². The zero-order valence-corrected chi connectivity index (χ0v) is 12.7. The molecular formula is C12H23N5OS. The summed E-state index contributed by atoms with van der Waals surface area (Å²) in [6, 6.07) is 0. The van der Waals surface area contributed by atoms with Crippen LogP contribution in [-0.2, 0) is 0 Å². The zero-order valence-electron chi connectivity index (χ0n) is 11.9. The molecule has 0 saturated carbocycles. The fourth-order valence-corrected chi connectivity index (χ4v) is 2.25. The molecule has 1 amide bonds. The van der Waals surface area contributed by atoms with Crippen molar-refractivity contribution in [1.82, 2.24) is 20.4 Å². The fraction of sp³-hybridized carbons (Fsp3) is 0.750. The standard InChI is InChI=1S/C12H23N5OS/c1-4-7-14-12-16-15-11(19-12)10(18)13-8-9-17(5-2)6-3/h4-9H2,1-3H3,(H,13,18)(H,14,16). The van der Waals surface area contributed by atoms with Crippen molar-refractivity contribution in [2.45, 2.75) is 27.2 Å². The molecule has 0 aliphatic carbocycles. The molecule has 0 unspecified atom stereocenters. The molecule has 0 fully saturated rings. The van der Waals surface area contributed by atoms with E-state index in [2.05, 4.69) is 46.5 Å². The Balaban J connectivity index is 2.34. The van der Waals surface area contributed by atoms with E-state index in [0.29, 0.717) is 16.7 Å². The Morgan fingerprint density at radius 3 is 2.58 bits per heavy atom. The van der Waals surface area contributed by atoms with Gasteiger partial charge in [-0.05, 0) is 19.5 Å². The molecule has 19 heavy (non-hydrogen) atoms. The smallest absolute Gasteiger partial charge is 0.282 e. The number of nitrogens with one attached hydrogen (secondary N) is 2.